The minimum Gasteiger partial charge on any atom is -0.397 e. The van der Waals surface area contributed by atoms with Gasteiger partial charge in [-0.3, -0.25) is 9.36 Å². The molecule has 0 amide bonds. The van der Waals surface area contributed by atoms with E-state index in [2.05, 4.69) is 45.0 Å². The van der Waals surface area contributed by atoms with E-state index in [0.717, 1.165) is 10.4 Å². The summed E-state index contributed by atoms with van der Waals surface area (Å²) in [5, 5.41) is 1.93. The summed E-state index contributed by atoms with van der Waals surface area (Å²) in [6, 6.07) is 20.3. The minimum atomic E-state index is -3.47. The van der Waals surface area contributed by atoms with Gasteiger partial charge in [-0.15, -0.1) is 0 Å². The zero-order valence-corrected chi connectivity index (χ0v) is 20.6. The monoisotopic (exact) mass is 448 g/mol. The summed E-state index contributed by atoms with van der Waals surface area (Å²) in [4.78, 5) is 13.1. The number of rotatable bonds is 10. The molecule has 2 aromatic rings. The summed E-state index contributed by atoms with van der Waals surface area (Å²) >= 11 is 0. The summed E-state index contributed by atoms with van der Waals surface area (Å²) in [5.74, 6) is -0.266. The lowest BCUT2D eigenvalue weighted by Gasteiger charge is -2.44. The fraction of sp³-hybridized carbons (Fsp3) is 0.435. The normalized spacial score (nSPS) is 13.8. The van der Waals surface area contributed by atoms with Gasteiger partial charge in [-0.1, -0.05) is 88.4 Å². The van der Waals surface area contributed by atoms with Crippen molar-refractivity contribution in [3.8, 4) is 0 Å². The van der Waals surface area contributed by atoms with Gasteiger partial charge in [0.25, 0.3) is 8.32 Å². The predicted octanol–water partition coefficient (Wildman–Crippen LogP) is 4.40. The molecule has 0 heterocycles. The Labute approximate surface area is 181 Å². The van der Waals surface area contributed by atoms with Crippen LogP contribution in [0.2, 0.25) is 5.04 Å². The topological polar surface area (TPSA) is 61.8 Å². The van der Waals surface area contributed by atoms with Crippen molar-refractivity contribution < 1.29 is 22.8 Å². The Balaban J connectivity index is 2.59. The van der Waals surface area contributed by atoms with Crippen molar-refractivity contribution >= 4 is 32.1 Å². The van der Waals surface area contributed by atoms with Gasteiger partial charge in [-0.25, -0.2) is 0 Å². The van der Waals surface area contributed by atoms with Crippen molar-refractivity contribution in [3.05, 3.63) is 60.7 Å². The lowest BCUT2D eigenvalue weighted by Crippen LogP contribution is -2.68. The van der Waals surface area contributed by atoms with Crippen molar-refractivity contribution in [2.75, 3.05) is 20.4 Å². The van der Waals surface area contributed by atoms with Crippen LogP contribution in [0.25, 0.3) is 0 Å². The lowest BCUT2D eigenvalue weighted by atomic mass is 10.2. The molecule has 2 rings (SSSR count). The average Bonchev–Trinajstić information content (AvgIpc) is 2.74. The highest BCUT2D eigenvalue weighted by molar-refractivity contribution is 7.54. The second-order valence-electron chi connectivity index (χ2n) is 8.28. The van der Waals surface area contributed by atoms with Gasteiger partial charge in [0.1, 0.15) is 12.3 Å². The van der Waals surface area contributed by atoms with Crippen LogP contribution in [0.4, 0.5) is 0 Å². The molecule has 0 bridgehead atoms. The Kier molecular flexibility index (Phi) is 8.37. The van der Waals surface area contributed by atoms with Gasteiger partial charge in [-0.05, 0) is 21.8 Å². The Morgan fingerprint density at radius 3 is 1.70 bits per heavy atom. The van der Waals surface area contributed by atoms with Gasteiger partial charge in [-0.2, -0.15) is 0 Å². The molecule has 7 heteroatoms. The van der Waals surface area contributed by atoms with E-state index >= 15 is 0 Å². The van der Waals surface area contributed by atoms with Gasteiger partial charge in [0.15, 0.2) is 5.78 Å². The van der Waals surface area contributed by atoms with Crippen LogP contribution in [-0.2, 0) is 22.8 Å². The maximum Gasteiger partial charge on any atom is 0.337 e. The molecule has 1 atom stereocenters. The van der Waals surface area contributed by atoms with Crippen LogP contribution in [0, 0.1) is 0 Å². The number of carbonyl (C=O) groups excluding carboxylic acids is 1. The Morgan fingerprint density at radius 2 is 1.37 bits per heavy atom. The first-order valence-electron chi connectivity index (χ1n) is 10.2. The molecule has 0 unspecified atom stereocenters. The molecule has 164 valence electrons. The van der Waals surface area contributed by atoms with Crippen molar-refractivity contribution in [1.82, 2.24) is 0 Å². The third-order valence-electron chi connectivity index (χ3n) is 5.37. The molecule has 0 spiro atoms. The number of hydrogen-bond donors (Lipinski definition) is 0. The molecule has 2 aromatic carbocycles. The molecule has 0 aromatic heterocycles. The SMILES string of the molecule is CC[C@@H](O[Si](c1ccccc1)(c1ccccc1)C(C)(C)C)C(=O)CP(=O)(OC)OC. The van der Waals surface area contributed by atoms with Gasteiger partial charge < -0.3 is 13.5 Å². The van der Waals surface area contributed by atoms with Crippen LogP contribution >= 0.6 is 7.60 Å². The second kappa shape index (κ2) is 10.2. The van der Waals surface area contributed by atoms with Gasteiger partial charge in [0, 0.05) is 14.2 Å². The van der Waals surface area contributed by atoms with E-state index in [4.69, 9.17) is 13.5 Å². The van der Waals surface area contributed by atoms with E-state index in [1.807, 2.05) is 43.3 Å². The number of ketones is 1. The first kappa shape index (κ1) is 24.7. The smallest absolute Gasteiger partial charge is 0.337 e. The standard InChI is InChI=1S/C23H33O5PSi/c1-7-22(21(24)18-29(25,26-5)27-6)28-30(23(2,3)4,19-14-10-8-11-15-19)20-16-12-9-13-17-20/h8-17,22H,7,18H2,1-6H3/t22-/m1/s1. The third-order valence-corrected chi connectivity index (χ3v) is 12.2. The van der Waals surface area contributed by atoms with Crippen LogP contribution in [0.15, 0.2) is 60.7 Å². The van der Waals surface area contributed by atoms with Crippen molar-refractivity contribution in [2.45, 2.75) is 45.3 Å². The van der Waals surface area contributed by atoms with Crippen molar-refractivity contribution in [1.29, 1.82) is 0 Å². The predicted molar refractivity (Wildman–Crippen MR) is 124 cm³/mol. The molecule has 0 aliphatic heterocycles. The highest BCUT2D eigenvalue weighted by atomic mass is 31.2. The molecule has 0 N–H and O–H groups in total. The molecule has 0 fully saturated rings. The molecule has 0 radical (unpaired) electrons. The summed E-state index contributed by atoms with van der Waals surface area (Å²) in [5.41, 5.74) is 0. The van der Waals surface area contributed by atoms with Gasteiger partial charge in [0.2, 0.25) is 0 Å². The van der Waals surface area contributed by atoms with Gasteiger partial charge in [0.05, 0.1) is 0 Å². The number of carbonyl (C=O) groups is 1. The molecular weight excluding hydrogens is 415 g/mol. The summed E-state index contributed by atoms with van der Waals surface area (Å²) in [6.45, 7) is 8.38. The Bertz CT molecular complexity index is 817. The maximum atomic E-state index is 13.1. The summed E-state index contributed by atoms with van der Waals surface area (Å²) in [7, 11) is -3.77. The third kappa shape index (κ3) is 5.19. The van der Waals surface area contributed by atoms with E-state index in [-0.39, 0.29) is 17.0 Å². The molecule has 0 saturated heterocycles. The second-order valence-corrected chi connectivity index (χ2v) is 14.8. The summed E-state index contributed by atoms with van der Waals surface area (Å²) in [6.07, 6.45) is -0.553. The first-order chi connectivity index (χ1) is 14.1. The van der Waals surface area contributed by atoms with Crippen molar-refractivity contribution in [3.63, 3.8) is 0 Å². The quantitative estimate of drug-likeness (QED) is 0.398. The van der Waals surface area contributed by atoms with Crippen molar-refractivity contribution in [2.24, 2.45) is 0 Å². The zero-order valence-electron chi connectivity index (χ0n) is 18.8. The van der Waals surface area contributed by atoms with Crippen LogP contribution in [0.1, 0.15) is 34.1 Å². The van der Waals surface area contributed by atoms with E-state index in [1.165, 1.54) is 14.2 Å². The zero-order chi connectivity index (χ0) is 22.4. The van der Waals surface area contributed by atoms with Crippen LogP contribution in [-0.4, -0.2) is 40.6 Å². The lowest BCUT2D eigenvalue weighted by molar-refractivity contribution is -0.124. The Hall–Kier alpha value is -1.56. The molecular formula is C23H33O5PSi. The first-order valence-corrected chi connectivity index (χ1v) is 13.8. The molecule has 0 aliphatic carbocycles. The molecule has 5 nitrogen and oxygen atoms in total. The number of hydrogen-bond acceptors (Lipinski definition) is 5. The maximum absolute atomic E-state index is 13.1. The molecule has 30 heavy (non-hydrogen) atoms. The fourth-order valence-electron chi connectivity index (χ4n) is 3.78. The molecule has 0 saturated carbocycles. The van der Waals surface area contributed by atoms with E-state index < -0.39 is 22.0 Å². The minimum absolute atomic E-state index is 0.254. The highest BCUT2D eigenvalue weighted by Gasteiger charge is 2.52. The van der Waals surface area contributed by atoms with E-state index in [0.29, 0.717) is 6.42 Å². The summed E-state index contributed by atoms with van der Waals surface area (Å²) < 4.78 is 29.4. The van der Waals surface area contributed by atoms with Gasteiger partial charge >= 0.3 is 7.60 Å². The van der Waals surface area contributed by atoms with Crippen LogP contribution in [0.3, 0.4) is 0 Å². The largest absolute Gasteiger partial charge is 0.397 e. The van der Waals surface area contributed by atoms with Crippen LogP contribution in [0.5, 0.6) is 0 Å². The average molecular weight is 449 g/mol. The molecule has 0 aliphatic rings. The van der Waals surface area contributed by atoms with E-state index in [1.54, 1.807) is 0 Å². The number of benzene rings is 2. The highest BCUT2D eigenvalue weighted by Crippen LogP contribution is 2.47. The Morgan fingerprint density at radius 1 is 0.933 bits per heavy atom. The number of Topliss-reactive ketones (excluding diaryl/α,β-unsaturated/α-hetero) is 1. The van der Waals surface area contributed by atoms with E-state index in [9.17, 15) is 9.36 Å². The fourth-order valence-corrected chi connectivity index (χ4v) is 9.51. The van der Waals surface area contributed by atoms with Crippen LogP contribution < -0.4 is 10.4 Å².